The van der Waals surface area contributed by atoms with E-state index in [4.69, 9.17) is 0 Å². The van der Waals surface area contributed by atoms with Gasteiger partial charge in [0.25, 0.3) is 0 Å². The Morgan fingerprint density at radius 2 is 1.17 bits per heavy atom. The highest BCUT2D eigenvalue weighted by Crippen LogP contribution is 2.49. The summed E-state index contributed by atoms with van der Waals surface area (Å²) >= 11 is 5.50. The summed E-state index contributed by atoms with van der Waals surface area (Å²) in [6, 6.07) is 33.6. The topological polar surface area (TPSA) is 0 Å². The lowest BCUT2D eigenvalue weighted by molar-refractivity contribution is 1.69. The molecule has 140 valence electrons. The molecular weight excluding hydrogens is 448 g/mol. The molecule has 0 unspecified atom stereocenters. The fraction of sp³-hybridized carbons (Fsp3) is 0. The molecule has 0 amide bonds. The molecule has 2 heteroatoms. The average molecular weight is 463 g/mol. The summed E-state index contributed by atoms with van der Waals surface area (Å²) in [5.41, 5.74) is 7.98. The molecule has 0 atom stereocenters. The van der Waals surface area contributed by atoms with Gasteiger partial charge in [-0.2, -0.15) is 0 Å². The van der Waals surface area contributed by atoms with Crippen LogP contribution in [0.2, 0.25) is 0 Å². The summed E-state index contributed by atoms with van der Waals surface area (Å²) in [4.78, 5) is 0. The van der Waals surface area contributed by atoms with E-state index < -0.39 is 0 Å². The summed E-state index contributed by atoms with van der Waals surface area (Å²) < 4.78 is 3.80. The van der Waals surface area contributed by atoms with Gasteiger partial charge in [-0.25, -0.2) is 0 Å². The molecule has 6 aromatic rings. The van der Waals surface area contributed by atoms with E-state index >= 15 is 0 Å². The standard InChI is InChI=1S/C28H15BrS/c29-17-9-13-27-25(15-17)24-14-16(8-12-26(24)30-27)18-10-11-23-20-5-2-1-4-19(20)22-7-3-6-21(18)28(22)23/h1-15H. The molecule has 0 fully saturated rings. The van der Waals surface area contributed by atoms with Gasteiger partial charge < -0.3 is 0 Å². The Labute approximate surface area is 186 Å². The fourth-order valence-corrected chi connectivity index (χ4v) is 6.41. The first kappa shape index (κ1) is 16.8. The van der Waals surface area contributed by atoms with E-state index in [9.17, 15) is 0 Å². The summed E-state index contributed by atoms with van der Waals surface area (Å²) in [5.74, 6) is 0. The van der Waals surface area contributed by atoms with E-state index in [1.165, 1.54) is 64.3 Å². The Balaban J connectivity index is 1.53. The third-order valence-electron chi connectivity index (χ3n) is 6.29. The fourth-order valence-electron chi connectivity index (χ4n) is 4.98. The lowest BCUT2D eigenvalue weighted by atomic mass is 9.93. The first-order chi connectivity index (χ1) is 14.8. The smallest absolute Gasteiger partial charge is 0.0356 e. The van der Waals surface area contributed by atoms with Crippen LogP contribution in [0.5, 0.6) is 0 Å². The number of hydrogen-bond acceptors (Lipinski definition) is 1. The van der Waals surface area contributed by atoms with E-state index in [1.807, 2.05) is 11.3 Å². The second-order valence-corrected chi connectivity index (χ2v) is 9.89. The van der Waals surface area contributed by atoms with Crippen LogP contribution in [0.25, 0.3) is 64.3 Å². The van der Waals surface area contributed by atoms with Gasteiger partial charge in [-0.05, 0) is 74.5 Å². The zero-order valence-electron chi connectivity index (χ0n) is 15.9. The molecule has 0 N–H and O–H groups in total. The largest absolute Gasteiger partial charge is 0.135 e. The van der Waals surface area contributed by atoms with Crippen LogP contribution in [0.3, 0.4) is 0 Å². The van der Waals surface area contributed by atoms with Crippen molar-refractivity contribution in [3.63, 3.8) is 0 Å². The van der Waals surface area contributed by atoms with Crippen molar-refractivity contribution < 1.29 is 0 Å². The summed E-state index contributed by atoms with van der Waals surface area (Å²) in [5, 5.41) is 5.38. The molecule has 5 aromatic carbocycles. The molecule has 1 aliphatic carbocycles. The number of rotatable bonds is 1. The third kappa shape index (κ3) is 2.21. The number of hydrogen-bond donors (Lipinski definition) is 0. The van der Waals surface area contributed by atoms with Crippen LogP contribution >= 0.6 is 27.3 Å². The molecule has 1 heterocycles. The molecule has 0 aliphatic heterocycles. The first-order valence-electron chi connectivity index (χ1n) is 10.1. The van der Waals surface area contributed by atoms with Crippen LogP contribution in [0.4, 0.5) is 0 Å². The molecule has 0 saturated carbocycles. The second-order valence-electron chi connectivity index (χ2n) is 7.89. The minimum Gasteiger partial charge on any atom is -0.135 e. The van der Waals surface area contributed by atoms with Gasteiger partial charge in [-0.3, -0.25) is 0 Å². The summed E-state index contributed by atoms with van der Waals surface area (Å²) in [6.45, 7) is 0. The van der Waals surface area contributed by atoms with Gasteiger partial charge in [-0.15, -0.1) is 11.3 Å². The number of thiophene rings is 1. The van der Waals surface area contributed by atoms with Gasteiger partial charge in [0.15, 0.2) is 0 Å². The van der Waals surface area contributed by atoms with Crippen LogP contribution in [0, 0.1) is 0 Å². The maximum Gasteiger partial charge on any atom is 0.0356 e. The van der Waals surface area contributed by atoms with Gasteiger partial charge in [0, 0.05) is 24.6 Å². The molecular formula is C28H15BrS. The maximum atomic E-state index is 3.64. The van der Waals surface area contributed by atoms with Crippen molar-refractivity contribution in [2.45, 2.75) is 0 Å². The van der Waals surface area contributed by atoms with Crippen molar-refractivity contribution in [2.24, 2.45) is 0 Å². The van der Waals surface area contributed by atoms with E-state index in [0.717, 1.165) is 4.47 Å². The Kier molecular flexibility index (Phi) is 3.38. The SMILES string of the molecule is Brc1ccc2sc3ccc(-c4ccc5c6c(cccc46)-c4ccccc4-5)cc3c2c1. The van der Waals surface area contributed by atoms with E-state index in [0.29, 0.717) is 0 Å². The van der Waals surface area contributed by atoms with Crippen molar-refractivity contribution in [2.75, 3.05) is 0 Å². The normalized spacial score (nSPS) is 12.2. The highest BCUT2D eigenvalue weighted by molar-refractivity contribution is 9.10. The van der Waals surface area contributed by atoms with Crippen molar-refractivity contribution in [1.82, 2.24) is 0 Å². The predicted molar refractivity (Wildman–Crippen MR) is 134 cm³/mol. The summed E-state index contributed by atoms with van der Waals surface area (Å²) in [6.07, 6.45) is 0. The van der Waals surface area contributed by atoms with Gasteiger partial charge in [0.05, 0.1) is 0 Å². The highest BCUT2D eigenvalue weighted by atomic mass is 79.9. The van der Waals surface area contributed by atoms with E-state index in [1.54, 1.807) is 0 Å². The zero-order chi connectivity index (χ0) is 19.8. The van der Waals surface area contributed by atoms with Crippen LogP contribution in [-0.4, -0.2) is 0 Å². The van der Waals surface area contributed by atoms with Crippen LogP contribution in [-0.2, 0) is 0 Å². The minimum absolute atomic E-state index is 1.13. The quantitative estimate of drug-likeness (QED) is 0.228. The molecule has 0 radical (unpaired) electrons. The lowest BCUT2D eigenvalue weighted by Gasteiger charge is -2.10. The van der Waals surface area contributed by atoms with Gasteiger partial charge in [0.2, 0.25) is 0 Å². The van der Waals surface area contributed by atoms with Crippen LogP contribution in [0.15, 0.2) is 95.5 Å². The Morgan fingerprint density at radius 1 is 0.500 bits per heavy atom. The molecule has 0 spiro atoms. The van der Waals surface area contributed by atoms with Crippen LogP contribution in [0.1, 0.15) is 0 Å². The lowest BCUT2D eigenvalue weighted by Crippen LogP contribution is -1.83. The molecule has 7 rings (SSSR count). The Morgan fingerprint density at radius 3 is 2.00 bits per heavy atom. The van der Waals surface area contributed by atoms with Gasteiger partial charge in [0.1, 0.15) is 0 Å². The zero-order valence-corrected chi connectivity index (χ0v) is 18.3. The highest BCUT2D eigenvalue weighted by Gasteiger charge is 2.22. The molecule has 30 heavy (non-hydrogen) atoms. The third-order valence-corrected chi connectivity index (χ3v) is 7.94. The van der Waals surface area contributed by atoms with Crippen molar-refractivity contribution >= 4 is 58.2 Å². The van der Waals surface area contributed by atoms with E-state index in [-0.39, 0.29) is 0 Å². The van der Waals surface area contributed by atoms with Crippen LogP contribution < -0.4 is 0 Å². The monoisotopic (exact) mass is 462 g/mol. The first-order valence-corrected chi connectivity index (χ1v) is 11.7. The van der Waals surface area contributed by atoms with Crippen molar-refractivity contribution in [1.29, 1.82) is 0 Å². The second kappa shape index (κ2) is 6.04. The van der Waals surface area contributed by atoms with E-state index in [2.05, 4.69) is 107 Å². The molecule has 1 aromatic heterocycles. The number of fused-ring (bicyclic) bond motifs is 6. The van der Waals surface area contributed by atoms with Gasteiger partial charge in [-0.1, -0.05) is 76.6 Å². The maximum absolute atomic E-state index is 3.64. The molecule has 0 saturated heterocycles. The van der Waals surface area contributed by atoms with Gasteiger partial charge >= 0.3 is 0 Å². The Hall–Kier alpha value is -2.94. The summed E-state index contributed by atoms with van der Waals surface area (Å²) in [7, 11) is 0. The van der Waals surface area contributed by atoms with Crippen molar-refractivity contribution in [3.05, 3.63) is 95.5 Å². The molecule has 0 nitrogen and oxygen atoms in total. The molecule has 0 bridgehead atoms. The average Bonchev–Trinajstić information content (AvgIpc) is 3.31. The van der Waals surface area contributed by atoms with Crippen molar-refractivity contribution in [3.8, 4) is 33.4 Å². The predicted octanol–water partition coefficient (Wildman–Crippen LogP) is 9.28. The number of benzene rings is 5. The number of halogens is 1. The Bertz CT molecular complexity index is 1630. The molecule has 1 aliphatic rings. The minimum atomic E-state index is 1.13.